The number of carbonyl (C=O) groups is 1. The van der Waals surface area contributed by atoms with E-state index >= 15 is 0 Å². The molecule has 0 atom stereocenters. The zero-order valence-corrected chi connectivity index (χ0v) is 15.2. The van der Waals surface area contributed by atoms with E-state index in [4.69, 9.17) is 0 Å². The van der Waals surface area contributed by atoms with Crippen LogP contribution in [0.25, 0.3) is 0 Å². The van der Waals surface area contributed by atoms with Crippen molar-refractivity contribution in [3.8, 4) is 0 Å². The lowest BCUT2D eigenvalue weighted by Gasteiger charge is -2.41. The first-order chi connectivity index (χ1) is 11.4. The van der Waals surface area contributed by atoms with Crippen molar-refractivity contribution in [3.05, 3.63) is 64.7 Å². The molecule has 2 aromatic rings. The maximum Gasteiger partial charge on any atom is 0.160 e. The molecule has 2 nitrogen and oxygen atoms in total. The summed E-state index contributed by atoms with van der Waals surface area (Å²) in [5.41, 5.74) is 6.14. The standard InChI is InChI=1S/C22H27NO/c1-5-18-13-20-21(14-19(18)16(2)24)23(12-11-22(20,3)4)15-17-9-7-6-8-10-17/h6-10,13-14H,5,11-12,15H2,1-4H3. The number of hydrogen-bond acceptors (Lipinski definition) is 2. The average molecular weight is 321 g/mol. The second-order valence-electron chi connectivity index (χ2n) is 7.48. The fraction of sp³-hybridized carbons (Fsp3) is 0.409. The Morgan fingerprint density at radius 2 is 1.88 bits per heavy atom. The summed E-state index contributed by atoms with van der Waals surface area (Å²) >= 11 is 0. The number of aryl methyl sites for hydroxylation is 1. The predicted octanol–water partition coefficient (Wildman–Crippen LogP) is 5.14. The minimum Gasteiger partial charge on any atom is -0.367 e. The average Bonchev–Trinajstić information content (AvgIpc) is 2.57. The van der Waals surface area contributed by atoms with E-state index in [9.17, 15) is 4.79 Å². The van der Waals surface area contributed by atoms with Gasteiger partial charge in [-0.2, -0.15) is 0 Å². The van der Waals surface area contributed by atoms with E-state index in [1.165, 1.54) is 22.4 Å². The fourth-order valence-corrected chi connectivity index (χ4v) is 3.69. The number of rotatable bonds is 4. The molecule has 0 N–H and O–H groups in total. The molecular weight excluding hydrogens is 294 g/mol. The van der Waals surface area contributed by atoms with Gasteiger partial charge in [0.25, 0.3) is 0 Å². The molecule has 0 bridgehead atoms. The van der Waals surface area contributed by atoms with E-state index in [1.807, 2.05) is 0 Å². The molecule has 24 heavy (non-hydrogen) atoms. The number of ketones is 1. The van der Waals surface area contributed by atoms with Crippen molar-refractivity contribution in [1.82, 2.24) is 0 Å². The van der Waals surface area contributed by atoms with Gasteiger partial charge in [-0.25, -0.2) is 0 Å². The highest BCUT2D eigenvalue weighted by atomic mass is 16.1. The van der Waals surface area contributed by atoms with E-state index in [0.29, 0.717) is 0 Å². The lowest BCUT2D eigenvalue weighted by atomic mass is 9.76. The molecule has 0 saturated heterocycles. The van der Waals surface area contributed by atoms with Gasteiger partial charge in [0.15, 0.2) is 5.78 Å². The molecule has 0 radical (unpaired) electrons. The molecule has 0 spiro atoms. The van der Waals surface area contributed by atoms with Crippen molar-refractivity contribution >= 4 is 11.5 Å². The number of nitrogens with zero attached hydrogens (tertiary/aromatic N) is 1. The van der Waals surface area contributed by atoms with Crippen LogP contribution < -0.4 is 4.90 Å². The molecular formula is C22H27NO. The number of fused-ring (bicyclic) bond motifs is 1. The smallest absolute Gasteiger partial charge is 0.160 e. The molecule has 0 unspecified atom stereocenters. The van der Waals surface area contributed by atoms with Gasteiger partial charge in [0.2, 0.25) is 0 Å². The summed E-state index contributed by atoms with van der Waals surface area (Å²) in [6.07, 6.45) is 2.03. The zero-order valence-electron chi connectivity index (χ0n) is 15.2. The Balaban J connectivity index is 2.08. The van der Waals surface area contributed by atoms with Crippen LogP contribution in [-0.2, 0) is 18.4 Å². The van der Waals surface area contributed by atoms with Crippen LogP contribution in [0.5, 0.6) is 0 Å². The Labute approximate surface area is 145 Å². The van der Waals surface area contributed by atoms with Crippen LogP contribution >= 0.6 is 0 Å². The second-order valence-corrected chi connectivity index (χ2v) is 7.48. The van der Waals surface area contributed by atoms with Crippen molar-refractivity contribution in [2.24, 2.45) is 0 Å². The summed E-state index contributed by atoms with van der Waals surface area (Å²) in [7, 11) is 0. The van der Waals surface area contributed by atoms with Crippen molar-refractivity contribution < 1.29 is 4.79 Å². The Hall–Kier alpha value is -2.09. The molecule has 1 heterocycles. The number of Topliss-reactive ketones (excluding diaryl/α,β-unsaturated/α-hetero) is 1. The van der Waals surface area contributed by atoms with Gasteiger partial charge in [-0.15, -0.1) is 0 Å². The van der Waals surface area contributed by atoms with E-state index in [0.717, 1.165) is 31.5 Å². The summed E-state index contributed by atoms with van der Waals surface area (Å²) in [6.45, 7) is 10.4. The molecule has 0 saturated carbocycles. The minimum absolute atomic E-state index is 0.155. The third-order valence-electron chi connectivity index (χ3n) is 5.27. The highest BCUT2D eigenvalue weighted by molar-refractivity contribution is 5.97. The molecule has 126 valence electrons. The van der Waals surface area contributed by atoms with Crippen LogP contribution in [0.15, 0.2) is 42.5 Å². The SMILES string of the molecule is CCc1cc2c(cc1C(C)=O)N(Cc1ccccc1)CCC2(C)C. The minimum atomic E-state index is 0.155. The van der Waals surface area contributed by atoms with Crippen LogP contribution in [0.2, 0.25) is 0 Å². The molecule has 1 aliphatic rings. The van der Waals surface area contributed by atoms with Gasteiger partial charge in [-0.3, -0.25) is 4.79 Å². The topological polar surface area (TPSA) is 20.3 Å². The third kappa shape index (κ3) is 3.10. The van der Waals surface area contributed by atoms with E-state index in [1.54, 1.807) is 6.92 Å². The van der Waals surface area contributed by atoms with Crippen LogP contribution in [0.4, 0.5) is 5.69 Å². The molecule has 0 aromatic heterocycles. The largest absolute Gasteiger partial charge is 0.367 e. The van der Waals surface area contributed by atoms with Crippen LogP contribution in [0.3, 0.4) is 0 Å². The fourth-order valence-electron chi connectivity index (χ4n) is 3.69. The van der Waals surface area contributed by atoms with Gasteiger partial charge in [0.05, 0.1) is 0 Å². The first-order valence-electron chi connectivity index (χ1n) is 8.89. The number of benzene rings is 2. The molecule has 0 aliphatic carbocycles. The third-order valence-corrected chi connectivity index (χ3v) is 5.27. The van der Waals surface area contributed by atoms with Crippen molar-refractivity contribution in [2.45, 2.75) is 52.5 Å². The van der Waals surface area contributed by atoms with Gasteiger partial charge >= 0.3 is 0 Å². The normalized spacial score (nSPS) is 15.9. The molecule has 3 rings (SSSR count). The van der Waals surface area contributed by atoms with Crippen LogP contribution in [0, 0.1) is 0 Å². The van der Waals surface area contributed by atoms with Gasteiger partial charge in [-0.05, 0) is 47.9 Å². The van der Waals surface area contributed by atoms with Crippen molar-refractivity contribution in [1.29, 1.82) is 0 Å². The van der Waals surface area contributed by atoms with E-state index < -0.39 is 0 Å². The van der Waals surface area contributed by atoms with Crippen LogP contribution in [-0.4, -0.2) is 12.3 Å². The number of hydrogen-bond donors (Lipinski definition) is 0. The molecule has 1 aliphatic heterocycles. The van der Waals surface area contributed by atoms with Gasteiger partial charge in [-0.1, -0.05) is 57.2 Å². The van der Waals surface area contributed by atoms with Gasteiger partial charge < -0.3 is 4.90 Å². The first kappa shape index (κ1) is 16.8. The molecule has 0 amide bonds. The Morgan fingerprint density at radius 3 is 2.50 bits per heavy atom. The summed E-state index contributed by atoms with van der Waals surface area (Å²) in [4.78, 5) is 14.6. The lowest BCUT2D eigenvalue weighted by Crippen LogP contribution is -2.37. The number of anilines is 1. The van der Waals surface area contributed by atoms with E-state index in [2.05, 4.69) is 68.1 Å². The van der Waals surface area contributed by atoms with Crippen molar-refractivity contribution in [3.63, 3.8) is 0 Å². The first-order valence-corrected chi connectivity index (χ1v) is 8.89. The maximum atomic E-state index is 12.1. The predicted molar refractivity (Wildman–Crippen MR) is 101 cm³/mol. The second kappa shape index (κ2) is 6.43. The highest BCUT2D eigenvalue weighted by Gasteiger charge is 2.32. The van der Waals surface area contributed by atoms with Gasteiger partial charge in [0.1, 0.15) is 0 Å². The summed E-state index contributed by atoms with van der Waals surface area (Å²) in [6, 6.07) is 15.0. The summed E-state index contributed by atoms with van der Waals surface area (Å²) in [5.74, 6) is 0.165. The monoisotopic (exact) mass is 321 g/mol. The Morgan fingerprint density at radius 1 is 1.17 bits per heavy atom. The molecule has 2 heteroatoms. The summed E-state index contributed by atoms with van der Waals surface area (Å²) < 4.78 is 0. The lowest BCUT2D eigenvalue weighted by molar-refractivity contribution is 0.101. The summed E-state index contributed by atoms with van der Waals surface area (Å²) in [5, 5.41) is 0. The quantitative estimate of drug-likeness (QED) is 0.727. The van der Waals surface area contributed by atoms with Crippen molar-refractivity contribution in [2.75, 3.05) is 11.4 Å². The highest BCUT2D eigenvalue weighted by Crippen LogP contribution is 2.41. The number of carbonyl (C=O) groups excluding carboxylic acids is 1. The maximum absolute atomic E-state index is 12.1. The van der Waals surface area contributed by atoms with Crippen LogP contribution in [0.1, 0.15) is 61.2 Å². The molecule has 2 aromatic carbocycles. The Bertz CT molecular complexity index is 746. The Kier molecular flexibility index (Phi) is 4.49. The van der Waals surface area contributed by atoms with E-state index in [-0.39, 0.29) is 11.2 Å². The molecule has 0 fully saturated rings. The zero-order chi connectivity index (χ0) is 17.3. The van der Waals surface area contributed by atoms with Gasteiger partial charge in [0, 0.05) is 24.3 Å².